The molecule has 0 aliphatic rings. The van der Waals surface area contributed by atoms with Crippen LogP contribution in [0.1, 0.15) is 31.2 Å². The fraction of sp³-hybridized carbons (Fsp3) is 0.538. The first-order chi connectivity index (χ1) is 9.60. The lowest BCUT2D eigenvalue weighted by molar-refractivity contribution is -0.108. The van der Waals surface area contributed by atoms with Crippen LogP contribution in [0.25, 0.3) is 6.08 Å². The van der Waals surface area contributed by atoms with E-state index in [0.717, 1.165) is 11.3 Å². The molecule has 116 valence electrons. The molecule has 0 saturated heterocycles. The molecule has 0 saturated carbocycles. The number of methoxy groups -OCH3 is 1. The summed E-state index contributed by atoms with van der Waals surface area (Å²) >= 11 is 0. The zero-order chi connectivity index (χ0) is 16.0. The standard InChI is InChI=1S/C9H10F2N2O.C3H8O.CH5N/c1-2-7-6-8(9(10)11)13(12-7)4-3-5-14;1-3-4-2;1-2/h2,5-6,9H,1,3-4H2;3H2,1-2H3;2H2,1H3. The van der Waals surface area contributed by atoms with Crippen molar-refractivity contribution in [2.45, 2.75) is 26.3 Å². The minimum absolute atomic E-state index is 0.178. The van der Waals surface area contributed by atoms with Crippen LogP contribution in [0, 0.1) is 0 Å². The molecule has 0 atom stereocenters. The number of halogens is 2. The van der Waals surface area contributed by atoms with Crippen LogP contribution in [-0.2, 0) is 16.1 Å². The third-order valence-corrected chi connectivity index (χ3v) is 2.01. The maximum atomic E-state index is 12.4. The highest BCUT2D eigenvalue weighted by atomic mass is 19.3. The smallest absolute Gasteiger partial charge is 0.280 e. The second kappa shape index (κ2) is 13.8. The van der Waals surface area contributed by atoms with Crippen molar-refractivity contribution >= 4 is 12.4 Å². The van der Waals surface area contributed by atoms with Gasteiger partial charge < -0.3 is 15.3 Å². The summed E-state index contributed by atoms with van der Waals surface area (Å²) in [5.74, 6) is 0. The Kier molecular flexibility index (Phi) is 14.3. The number of aldehydes is 1. The molecule has 0 spiro atoms. The second-order valence-electron chi connectivity index (χ2n) is 3.25. The van der Waals surface area contributed by atoms with Gasteiger partial charge in [-0.2, -0.15) is 5.10 Å². The van der Waals surface area contributed by atoms with Gasteiger partial charge in [-0.05, 0) is 26.1 Å². The lowest BCUT2D eigenvalue weighted by Crippen LogP contribution is -2.05. The number of nitrogens with two attached hydrogens (primary N) is 1. The predicted octanol–water partition coefficient (Wildman–Crippen LogP) is 2.28. The number of ether oxygens (including phenoxy) is 1. The van der Waals surface area contributed by atoms with Gasteiger partial charge in [-0.1, -0.05) is 6.58 Å². The van der Waals surface area contributed by atoms with Gasteiger partial charge in [0.25, 0.3) is 6.43 Å². The molecule has 20 heavy (non-hydrogen) atoms. The molecule has 1 aromatic rings. The van der Waals surface area contributed by atoms with Crippen LogP contribution < -0.4 is 5.73 Å². The summed E-state index contributed by atoms with van der Waals surface area (Å²) in [6, 6.07) is 1.27. The zero-order valence-corrected chi connectivity index (χ0v) is 12.2. The van der Waals surface area contributed by atoms with E-state index in [0.29, 0.717) is 12.0 Å². The Hall–Kier alpha value is -1.60. The molecule has 5 nitrogen and oxygen atoms in total. The predicted molar refractivity (Wildman–Crippen MR) is 75.6 cm³/mol. The Morgan fingerprint density at radius 1 is 1.55 bits per heavy atom. The van der Waals surface area contributed by atoms with E-state index in [-0.39, 0.29) is 18.7 Å². The normalized spacial score (nSPS) is 9.15. The summed E-state index contributed by atoms with van der Waals surface area (Å²) in [7, 11) is 3.18. The number of nitrogens with zero attached hydrogens (tertiary/aromatic N) is 2. The first kappa shape index (κ1) is 20.7. The van der Waals surface area contributed by atoms with Crippen molar-refractivity contribution in [1.82, 2.24) is 9.78 Å². The molecule has 0 aliphatic heterocycles. The van der Waals surface area contributed by atoms with E-state index in [1.54, 1.807) is 7.11 Å². The lowest BCUT2D eigenvalue weighted by atomic mass is 10.3. The van der Waals surface area contributed by atoms with Gasteiger partial charge >= 0.3 is 0 Å². The molecule has 7 heteroatoms. The van der Waals surface area contributed by atoms with Crippen LogP contribution >= 0.6 is 0 Å². The molecular weight excluding hydrogens is 268 g/mol. The van der Waals surface area contributed by atoms with Crippen molar-refractivity contribution in [3.63, 3.8) is 0 Å². The summed E-state index contributed by atoms with van der Waals surface area (Å²) in [5, 5.41) is 3.85. The van der Waals surface area contributed by atoms with E-state index in [1.807, 2.05) is 6.92 Å². The number of carbonyl (C=O) groups excluding carboxylic acids is 1. The number of rotatable bonds is 6. The first-order valence-corrected chi connectivity index (χ1v) is 6.09. The molecule has 1 aromatic heterocycles. The summed E-state index contributed by atoms with van der Waals surface area (Å²) in [6.07, 6.45) is -0.339. The average molecular weight is 291 g/mol. The summed E-state index contributed by atoms with van der Waals surface area (Å²) in [5.41, 5.74) is 4.72. The average Bonchev–Trinajstić information content (AvgIpc) is 2.91. The van der Waals surface area contributed by atoms with Crippen molar-refractivity contribution in [3.05, 3.63) is 24.0 Å². The minimum Gasteiger partial charge on any atom is -0.385 e. The number of hydrogen-bond acceptors (Lipinski definition) is 4. The van der Waals surface area contributed by atoms with Gasteiger partial charge in [-0.15, -0.1) is 0 Å². The molecule has 1 rings (SSSR count). The Labute approximate surface area is 118 Å². The summed E-state index contributed by atoms with van der Waals surface area (Å²) < 4.78 is 30.5. The quantitative estimate of drug-likeness (QED) is 0.816. The van der Waals surface area contributed by atoms with E-state index in [9.17, 15) is 13.6 Å². The number of carbonyl (C=O) groups is 1. The molecule has 0 unspecified atom stereocenters. The minimum atomic E-state index is -2.58. The third-order valence-electron chi connectivity index (χ3n) is 2.01. The van der Waals surface area contributed by atoms with Crippen LogP contribution in [0.5, 0.6) is 0 Å². The first-order valence-electron chi connectivity index (χ1n) is 6.09. The highest BCUT2D eigenvalue weighted by molar-refractivity contribution is 5.49. The number of alkyl halides is 2. The van der Waals surface area contributed by atoms with Gasteiger partial charge in [0.1, 0.15) is 12.0 Å². The van der Waals surface area contributed by atoms with Crippen molar-refractivity contribution < 1.29 is 18.3 Å². The third kappa shape index (κ3) is 8.49. The monoisotopic (exact) mass is 291 g/mol. The SMILES string of the molecule is C=Cc1cc(C(F)F)n(CCC=O)n1.CCOC.CN. The van der Waals surface area contributed by atoms with Gasteiger partial charge in [-0.25, -0.2) is 8.78 Å². The highest BCUT2D eigenvalue weighted by Crippen LogP contribution is 2.20. The Balaban J connectivity index is 0. The van der Waals surface area contributed by atoms with Crippen molar-refractivity contribution in [3.8, 4) is 0 Å². The van der Waals surface area contributed by atoms with Gasteiger partial charge in [0, 0.05) is 26.7 Å². The van der Waals surface area contributed by atoms with Crippen LogP contribution in [0.15, 0.2) is 12.6 Å². The number of hydrogen-bond donors (Lipinski definition) is 1. The Morgan fingerprint density at radius 2 is 2.10 bits per heavy atom. The molecule has 0 aliphatic carbocycles. The Morgan fingerprint density at radius 3 is 2.45 bits per heavy atom. The molecule has 0 radical (unpaired) electrons. The zero-order valence-electron chi connectivity index (χ0n) is 12.2. The summed E-state index contributed by atoms with van der Waals surface area (Å²) in [6.45, 7) is 6.39. The van der Waals surface area contributed by atoms with Crippen LogP contribution in [0.3, 0.4) is 0 Å². The van der Waals surface area contributed by atoms with Crippen LogP contribution in [0.4, 0.5) is 8.78 Å². The van der Waals surface area contributed by atoms with Crippen LogP contribution in [-0.4, -0.2) is 36.8 Å². The molecule has 0 bridgehead atoms. The second-order valence-corrected chi connectivity index (χ2v) is 3.25. The fourth-order valence-corrected chi connectivity index (χ4v) is 1.08. The highest BCUT2D eigenvalue weighted by Gasteiger charge is 2.14. The molecule has 1 heterocycles. The Bertz CT molecular complexity index is 366. The molecule has 0 fully saturated rings. The van der Waals surface area contributed by atoms with E-state index in [4.69, 9.17) is 0 Å². The molecule has 2 N–H and O–H groups in total. The van der Waals surface area contributed by atoms with E-state index >= 15 is 0 Å². The lowest BCUT2D eigenvalue weighted by Gasteiger charge is -2.02. The topological polar surface area (TPSA) is 70.1 Å². The van der Waals surface area contributed by atoms with Gasteiger partial charge in [-0.3, -0.25) is 4.68 Å². The van der Waals surface area contributed by atoms with Crippen LogP contribution in [0.2, 0.25) is 0 Å². The number of aromatic nitrogens is 2. The largest absolute Gasteiger partial charge is 0.385 e. The van der Waals surface area contributed by atoms with Crippen molar-refractivity contribution in [2.75, 3.05) is 20.8 Å². The maximum absolute atomic E-state index is 12.4. The molecular formula is C13H23F2N3O2. The van der Waals surface area contributed by atoms with E-state index in [2.05, 4.69) is 22.1 Å². The molecule has 0 amide bonds. The fourth-order valence-electron chi connectivity index (χ4n) is 1.08. The van der Waals surface area contributed by atoms with Gasteiger partial charge in [0.2, 0.25) is 0 Å². The van der Waals surface area contributed by atoms with E-state index in [1.165, 1.54) is 19.2 Å². The number of aryl methyl sites for hydroxylation is 1. The maximum Gasteiger partial charge on any atom is 0.280 e. The summed E-state index contributed by atoms with van der Waals surface area (Å²) in [4.78, 5) is 10.1. The van der Waals surface area contributed by atoms with Gasteiger partial charge in [0.05, 0.1) is 5.69 Å². The van der Waals surface area contributed by atoms with E-state index < -0.39 is 6.43 Å². The van der Waals surface area contributed by atoms with Gasteiger partial charge in [0.15, 0.2) is 0 Å². The van der Waals surface area contributed by atoms with Crippen molar-refractivity contribution in [1.29, 1.82) is 0 Å². The van der Waals surface area contributed by atoms with Crippen molar-refractivity contribution in [2.24, 2.45) is 5.73 Å². The molecule has 0 aromatic carbocycles.